The highest BCUT2D eigenvalue weighted by atomic mass is 32.1. The molecule has 0 atom stereocenters. The Labute approximate surface area is 167 Å². The van der Waals surface area contributed by atoms with Crippen LogP contribution < -0.4 is 10.1 Å². The van der Waals surface area contributed by atoms with Gasteiger partial charge in [0.05, 0.1) is 5.69 Å². The molecule has 146 valence electrons. The number of carbonyl (C=O) groups excluding carboxylic acids is 2. The number of hydrogen-bond acceptors (Lipinski definition) is 6. The van der Waals surface area contributed by atoms with Crippen LogP contribution in [0.25, 0.3) is 10.8 Å². The number of thiazole rings is 1. The molecule has 0 aliphatic rings. The molecular formula is C20H21N3O4S. The first-order chi connectivity index (χ1) is 13.3. The highest BCUT2D eigenvalue weighted by Gasteiger charge is 2.18. The number of rotatable bonds is 6. The zero-order valence-electron chi connectivity index (χ0n) is 16.1. The van der Waals surface area contributed by atoms with Gasteiger partial charge >= 0.3 is 0 Å². The van der Waals surface area contributed by atoms with Gasteiger partial charge in [0.25, 0.3) is 11.8 Å². The van der Waals surface area contributed by atoms with E-state index in [1.165, 1.54) is 16.2 Å². The molecule has 0 bridgehead atoms. The summed E-state index contributed by atoms with van der Waals surface area (Å²) >= 11 is 1.29. The molecule has 3 rings (SSSR count). The third kappa shape index (κ3) is 4.58. The number of aromatic nitrogens is 1. The highest BCUT2D eigenvalue weighted by molar-refractivity contribution is 7.17. The second kappa shape index (κ2) is 8.26. The van der Waals surface area contributed by atoms with E-state index in [4.69, 9.17) is 9.15 Å². The van der Waals surface area contributed by atoms with Crippen molar-refractivity contribution in [3.05, 3.63) is 52.7 Å². The van der Waals surface area contributed by atoms with E-state index >= 15 is 0 Å². The van der Waals surface area contributed by atoms with Gasteiger partial charge in [-0.25, -0.2) is 4.98 Å². The smallest absolute Gasteiger partial charge is 0.267 e. The van der Waals surface area contributed by atoms with Gasteiger partial charge in [0.2, 0.25) is 0 Å². The van der Waals surface area contributed by atoms with Gasteiger partial charge in [0.1, 0.15) is 16.4 Å². The molecule has 0 saturated heterocycles. The Balaban J connectivity index is 1.65. The highest BCUT2D eigenvalue weighted by Crippen LogP contribution is 2.30. The number of carbonyl (C=O) groups is 2. The summed E-state index contributed by atoms with van der Waals surface area (Å²) in [5.41, 5.74) is 1.27. The summed E-state index contributed by atoms with van der Waals surface area (Å²) in [7, 11) is 3.34. The molecule has 2 aromatic heterocycles. The Morgan fingerprint density at radius 3 is 2.46 bits per heavy atom. The maximum atomic E-state index is 12.6. The van der Waals surface area contributed by atoms with E-state index in [0.29, 0.717) is 32.8 Å². The summed E-state index contributed by atoms with van der Waals surface area (Å²) in [6.45, 7) is 3.62. The SMILES string of the molecule is Cc1ccc(-c2nc(C)c(C(=O)Nc3ccc(OCC(=O)N(C)C)cc3)s2)o1. The van der Waals surface area contributed by atoms with Crippen LogP contribution in [0.3, 0.4) is 0 Å². The molecule has 0 spiro atoms. The number of nitrogens with one attached hydrogen (secondary N) is 1. The fourth-order valence-electron chi connectivity index (χ4n) is 2.36. The first-order valence-electron chi connectivity index (χ1n) is 8.62. The van der Waals surface area contributed by atoms with Crippen LogP contribution in [0.5, 0.6) is 5.75 Å². The largest absolute Gasteiger partial charge is 0.484 e. The number of benzene rings is 1. The first-order valence-corrected chi connectivity index (χ1v) is 9.43. The molecule has 28 heavy (non-hydrogen) atoms. The predicted molar refractivity (Wildman–Crippen MR) is 108 cm³/mol. The molecule has 2 amide bonds. The van der Waals surface area contributed by atoms with Gasteiger partial charge < -0.3 is 19.4 Å². The van der Waals surface area contributed by atoms with Gasteiger partial charge in [-0.3, -0.25) is 9.59 Å². The molecule has 1 N–H and O–H groups in total. The zero-order valence-corrected chi connectivity index (χ0v) is 16.9. The minimum atomic E-state index is -0.235. The Morgan fingerprint density at radius 2 is 1.86 bits per heavy atom. The van der Waals surface area contributed by atoms with Crippen LogP contribution in [0.15, 0.2) is 40.8 Å². The predicted octanol–water partition coefficient (Wildman–Crippen LogP) is 3.74. The first kappa shape index (κ1) is 19.6. The molecule has 7 nitrogen and oxygen atoms in total. The second-order valence-corrected chi connectivity index (χ2v) is 7.40. The molecule has 2 heterocycles. The number of ether oxygens (including phenoxy) is 1. The van der Waals surface area contributed by atoms with E-state index in [2.05, 4.69) is 10.3 Å². The summed E-state index contributed by atoms with van der Waals surface area (Å²) < 4.78 is 11.0. The van der Waals surface area contributed by atoms with Crippen LogP contribution in [-0.2, 0) is 4.79 Å². The average Bonchev–Trinajstić information content (AvgIpc) is 3.26. The van der Waals surface area contributed by atoms with Crippen LogP contribution in [0, 0.1) is 13.8 Å². The zero-order chi connectivity index (χ0) is 20.3. The molecule has 1 aromatic carbocycles. The summed E-state index contributed by atoms with van der Waals surface area (Å²) in [4.78, 5) is 30.6. The molecule has 0 saturated carbocycles. The van der Waals surface area contributed by atoms with E-state index in [1.54, 1.807) is 45.3 Å². The number of hydrogen-bond donors (Lipinski definition) is 1. The Morgan fingerprint density at radius 1 is 1.14 bits per heavy atom. The summed E-state index contributed by atoms with van der Waals surface area (Å²) in [5.74, 6) is 1.64. The number of nitrogens with zero attached hydrogens (tertiary/aromatic N) is 2. The van der Waals surface area contributed by atoms with Crippen LogP contribution in [0.1, 0.15) is 21.1 Å². The number of likely N-dealkylation sites (N-methyl/N-ethyl adjacent to an activating group) is 1. The van der Waals surface area contributed by atoms with Gasteiger partial charge in [-0.05, 0) is 50.2 Å². The van der Waals surface area contributed by atoms with E-state index in [1.807, 2.05) is 19.1 Å². The fraction of sp³-hybridized carbons (Fsp3) is 0.250. The fourth-order valence-corrected chi connectivity index (χ4v) is 3.28. The van der Waals surface area contributed by atoms with Crippen LogP contribution in [0.4, 0.5) is 5.69 Å². The van der Waals surface area contributed by atoms with Crippen molar-refractivity contribution in [3.8, 4) is 16.5 Å². The Bertz CT molecular complexity index is 989. The van der Waals surface area contributed by atoms with E-state index in [9.17, 15) is 9.59 Å². The molecular weight excluding hydrogens is 378 g/mol. The molecule has 0 radical (unpaired) electrons. The van der Waals surface area contributed by atoms with Crippen molar-refractivity contribution >= 4 is 28.8 Å². The lowest BCUT2D eigenvalue weighted by Gasteiger charge is -2.11. The summed E-state index contributed by atoms with van der Waals surface area (Å²) in [5, 5.41) is 3.52. The van der Waals surface area contributed by atoms with Crippen LogP contribution in [0.2, 0.25) is 0 Å². The number of anilines is 1. The molecule has 0 aliphatic heterocycles. The third-order valence-electron chi connectivity index (χ3n) is 3.93. The Kier molecular flexibility index (Phi) is 5.79. The lowest BCUT2D eigenvalue weighted by molar-refractivity contribution is -0.130. The quantitative estimate of drug-likeness (QED) is 0.683. The van der Waals surface area contributed by atoms with Crippen molar-refractivity contribution in [3.63, 3.8) is 0 Å². The van der Waals surface area contributed by atoms with Gasteiger partial charge in [-0.1, -0.05) is 0 Å². The van der Waals surface area contributed by atoms with Crippen LogP contribution >= 0.6 is 11.3 Å². The van der Waals surface area contributed by atoms with Crippen LogP contribution in [-0.4, -0.2) is 42.4 Å². The number of furan rings is 1. The van der Waals surface area contributed by atoms with Crippen molar-refractivity contribution in [1.82, 2.24) is 9.88 Å². The topological polar surface area (TPSA) is 84.7 Å². The van der Waals surface area contributed by atoms with Gasteiger partial charge in [-0.2, -0.15) is 0 Å². The second-order valence-electron chi connectivity index (χ2n) is 6.40. The van der Waals surface area contributed by atoms with E-state index < -0.39 is 0 Å². The molecule has 0 fully saturated rings. The van der Waals surface area contributed by atoms with Crippen molar-refractivity contribution in [2.75, 3.05) is 26.0 Å². The lowest BCUT2D eigenvalue weighted by Crippen LogP contribution is -2.27. The van der Waals surface area contributed by atoms with E-state index in [-0.39, 0.29) is 18.4 Å². The standard InChI is InChI=1S/C20H21N3O4S/c1-12-5-10-16(27-12)20-21-13(2)18(28-20)19(25)22-14-6-8-15(9-7-14)26-11-17(24)23(3)4/h5-10H,11H2,1-4H3,(H,22,25). The maximum absolute atomic E-state index is 12.6. The minimum absolute atomic E-state index is 0.0339. The van der Waals surface area contributed by atoms with Crippen molar-refractivity contribution in [2.45, 2.75) is 13.8 Å². The normalized spacial score (nSPS) is 10.6. The van der Waals surface area contributed by atoms with E-state index in [0.717, 1.165) is 5.76 Å². The van der Waals surface area contributed by atoms with Crippen molar-refractivity contribution in [1.29, 1.82) is 0 Å². The summed E-state index contributed by atoms with van der Waals surface area (Å²) in [6.07, 6.45) is 0. The average molecular weight is 399 g/mol. The number of aryl methyl sites for hydroxylation is 2. The number of amides is 2. The molecule has 3 aromatic rings. The lowest BCUT2D eigenvalue weighted by atomic mass is 10.3. The monoisotopic (exact) mass is 399 g/mol. The Hall–Kier alpha value is -3.13. The maximum Gasteiger partial charge on any atom is 0.267 e. The summed E-state index contributed by atoms with van der Waals surface area (Å²) in [6, 6.07) is 10.6. The molecule has 0 aliphatic carbocycles. The van der Waals surface area contributed by atoms with Gasteiger partial charge in [-0.15, -0.1) is 11.3 Å². The molecule has 0 unspecified atom stereocenters. The third-order valence-corrected chi connectivity index (χ3v) is 5.10. The van der Waals surface area contributed by atoms with Crippen molar-refractivity contribution in [2.24, 2.45) is 0 Å². The minimum Gasteiger partial charge on any atom is -0.484 e. The van der Waals surface area contributed by atoms with Gasteiger partial charge in [0, 0.05) is 19.8 Å². The van der Waals surface area contributed by atoms with Gasteiger partial charge in [0.15, 0.2) is 17.4 Å². The molecule has 8 heteroatoms. The van der Waals surface area contributed by atoms with Crippen molar-refractivity contribution < 1.29 is 18.7 Å².